The van der Waals surface area contributed by atoms with Crippen LogP contribution in [0.1, 0.15) is 18.3 Å². The van der Waals surface area contributed by atoms with Gasteiger partial charge in [-0.15, -0.1) is 0 Å². The molecule has 0 radical (unpaired) electrons. The van der Waals surface area contributed by atoms with E-state index < -0.39 is 0 Å². The number of benzene rings is 2. The molecule has 3 aromatic rings. The Morgan fingerprint density at radius 3 is 2.55 bits per heavy atom. The lowest BCUT2D eigenvalue weighted by molar-refractivity contribution is 0.208. The molecule has 3 rings (SSSR count). The van der Waals surface area contributed by atoms with Crippen molar-refractivity contribution in [3.8, 4) is 17.2 Å². The molecule has 152 valence electrons. The molecule has 0 aliphatic carbocycles. The van der Waals surface area contributed by atoms with E-state index in [9.17, 15) is 4.39 Å². The first kappa shape index (κ1) is 20.5. The number of halogens is 1. The Balaban J connectivity index is 1.62. The van der Waals surface area contributed by atoms with Crippen molar-refractivity contribution in [3.05, 3.63) is 64.4 Å². The molecule has 29 heavy (non-hydrogen) atoms. The van der Waals surface area contributed by atoms with E-state index in [-0.39, 0.29) is 5.82 Å². The molecule has 0 aliphatic rings. The van der Waals surface area contributed by atoms with Crippen LogP contribution in [0.2, 0.25) is 0 Å². The van der Waals surface area contributed by atoms with Crippen molar-refractivity contribution in [1.29, 1.82) is 0 Å². The van der Waals surface area contributed by atoms with Gasteiger partial charge in [-0.2, -0.15) is 14.9 Å². The highest BCUT2D eigenvalue weighted by Crippen LogP contribution is 2.28. The summed E-state index contributed by atoms with van der Waals surface area (Å²) in [7, 11) is 0. The van der Waals surface area contributed by atoms with Crippen LogP contribution in [0.25, 0.3) is 0 Å². The number of nitrogens with one attached hydrogen (secondary N) is 1. The maximum absolute atomic E-state index is 12.9. The SMILES string of the molecule is CCOc1cc(/C=N/n2c(C)n[nH]c2=S)ccc1OCCOc1ccc(F)cc1. The molecule has 0 amide bonds. The van der Waals surface area contributed by atoms with Crippen LogP contribution in [0.5, 0.6) is 17.2 Å². The fraction of sp³-hybridized carbons (Fsp3) is 0.250. The van der Waals surface area contributed by atoms with Crippen LogP contribution in [0.15, 0.2) is 47.6 Å². The van der Waals surface area contributed by atoms with Gasteiger partial charge in [-0.1, -0.05) is 0 Å². The lowest BCUT2D eigenvalue weighted by atomic mass is 10.2. The molecule has 0 aliphatic heterocycles. The van der Waals surface area contributed by atoms with Crippen LogP contribution in [-0.2, 0) is 0 Å². The second-order valence-electron chi connectivity index (χ2n) is 5.92. The van der Waals surface area contributed by atoms with Crippen molar-refractivity contribution < 1.29 is 18.6 Å². The number of ether oxygens (including phenoxy) is 3. The molecule has 1 heterocycles. The minimum absolute atomic E-state index is 0.302. The summed E-state index contributed by atoms with van der Waals surface area (Å²) in [5.41, 5.74) is 0.825. The van der Waals surface area contributed by atoms with Crippen molar-refractivity contribution in [1.82, 2.24) is 14.9 Å². The lowest BCUT2D eigenvalue weighted by Crippen LogP contribution is -2.10. The predicted octanol–water partition coefficient (Wildman–Crippen LogP) is 4.13. The summed E-state index contributed by atoms with van der Waals surface area (Å²) in [6.45, 7) is 4.83. The molecule has 1 aromatic heterocycles. The minimum atomic E-state index is -0.302. The van der Waals surface area contributed by atoms with Gasteiger partial charge in [-0.3, -0.25) is 5.10 Å². The zero-order valence-electron chi connectivity index (χ0n) is 16.1. The first-order chi connectivity index (χ1) is 14.1. The molecular formula is C20H21FN4O3S. The summed E-state index contributed by atoms with van der Waals surface area (Å²) >= 11 is 5.13. The number of hydrogen-bond acceptors (Lipinski definition) is 6. The van der Waals surface area contributed by atoms with Crippen molar-refractivity contribution in [2.75, 3.05) is 19.8 Å². The van der Waals surface area contributed by atoms with Crippen molar-refractivity contribution >= 4 is 18.4 Å². The molecule has 0 bridgehead atoms. The summed E-state index contributed by atoms with van der Waals surface area (Å²) in [5.74, 6) is 2.15. The molecule has 7 nitrogen and oxygen atoms in total. The lowest BCUT2D eigenvalue weighted by Gasteiger charge is -2.13. The van der Waals surface area contributed by atoms with Gasteiger partial charge in [-0.25, -0.2) is 4.39 Å². The Kier molecular flexibility index (Phi) is 6.96. The highest BCUT2D eigenvalue weighted by atomic mass is 32.1. The van der Waals surface area contributed by atoms with Gasteiger partial charge in [0.05, 0.1) is 12.8 Å². The van der Waals surface area contributed by atoms with E-state index in [0.717, 1.165) is 5.56 Å². The largest absolute Gasteiger partial charge is 0.490 e. The summed E-state index contributed by atoms with van der Waals surface area (Å²) in [5, 5.41) is 11.0. The van der Waals surface area contributed by atoms with E-state index >= 15 is 0 Å². The smallest absolute Gasteiger partial charge is 0.216 e. The maximum atomic E-state index is 12.9. The van der Waals surface area contributed by atoms with Crippen LogP contribution in [0.3, 0.4) is 0 Å². The number of H-pyrrole nitrogens is 1. The molecule has 2 aromatic carbocycles. The van der Waals surface area contributed by atoms with Gasteiger partial charge in [0, 0.05) is 0 Å². The highest BCUT2D eigenvalue weighted by molar-refractivity contribution is 7.71. The third kappa shape index (κ3) is 5.64. The second kappa shape index (κ2) is 9.83. The minimum Gasteiger partial charge on any atom is -0.490 e. The van der Waals surface area contributed by atoms with E-state index in [1.54, 1.807) is 25.3 Å². The second-order valence-corrected chi connectivity index (χ2v) is 6.31. The number of aryl methyl sites for hydroxylation is 1. The summed E-state index contributed by atoms with van der Waals surface area (Å²) in [6.07, 6.45) is 1.67. The maximum Gasteiger partial charge on any atom is 0.216 e. The molecular weight excluding hydrogens is 395 g/mol. The van der Waals surface area contributed by atoms with Gasteiger partial charge in [0.15, 0.2) is 11.5 Å². The molecule has 0 fully saturated rings. The Labute approximate surface area is 172 Å². The molecule has 1 N–H and O–H groups in total. The van der Waals surface area contributed by atoms with Crippen molar-refractivity contribution in [2.45, 2.75) is 13.8 Å². The Bertz CT molecular complexity index is 1030. The van der Waals surface area contributed by atoms with Gasteiger partial charge in [-0.05, 0) is 74.1 Å². The van der Waals surface area contributed by atoms with Crippen molar-refractivity contribution in [3.63, 3.8) is 0 Å². The van der Waals surface area contributed by atoms with Crippen LogP contribution in [-0.4, -0.2) is 40.9 Å². The highest BCUT2D eigenvalue weighted by Gasteiger charge is 2.07. The summed E-state index contributed by atoms with van der Waals surface area (Å²) < 4.78 is 31.8. The van der Waals surface area contributed by atoms with Gasteiger partial charge >= 0.3 is 0 Å². The van der Waals surface area contributed by atoms with E-state index in [2.05, 4.69) is 15.3 Å². The van der Waals surface area contributed by atoms with Gasteiger partial charge in [0.1, 0.15) is 30.6 Å². The molecule has 0 saturated carbocycles. The molecule has 0 atom stereocenters. The van der Waals surface area contributed by atoms with Gasteiger partial charge < -0.3 is 14.2 Å². The number of rotatable bonds is 9. The van der Waals surface area contributed by atoms with E-state index in [4.69, 9.17) is 26.4 Å². The van der Waals surface area contributed by atoms with E-state index in [1.807, 2.05) is 25.1 Å². The average molecular weight is 416 g/mol. The van der Waals surface area contributed by atoms with Gasteiger partial charge in [0.2, 0.25) is 4.77 Å². The normalized spacial score (nSPS) is 11.0. The Hall–Kier alpha value is -3.20. The first-order valence-electron chi connectivity index (χ1n) is 9.03. The summed E-state index contributed by atoms with van der Waals surface area (Å²) in [4.78, 5) is 0. The van der Waals surface area contributed by atoms with Crippen LogP contribution in [0, 0.1) is 17.5 Å². The molecule has 0 spiro atoms. The molecule has 0 unspecified atom stereocenters. The average Bonchev–Trinajstić information content (AvgIpc) is 3.04. The fourth-order valence-electron chi connectivity index (χ4n) is 2.47. The van der Waals surface area contributed by atoms with Crippen LogP contribution < -0.4 is 14.2 Å². The number of aromatic nitrogens is 3. The predicted molar refractivity (Wildman–Crippen MR) is 110 cm³/mol. The number of nitrogens with zero attached hydrogens (tertiary/aromatic N) is 3. The standard InChI is InChI=1S/C20H21FN4O3S/c1-3-26-19-12-15(13-22-25-14(2)23-24-20(25)29)4-9-18(19)28-11-10-27-17-7-5-16(21)6-8-17/h4-9,12-13H,3,10-11H2,1-2H3,(H,24,29)/b22-13+. The zero-order valence-corrected chi connectivity index (χ0v) is 16.9. The monoisotopic (exact) mass is 416 g/mol. The summed E-state index contributed by atoms with van der Waals surface area (Å²) in [6, 6.07) is 11.4. The Morgan fingerprint density at radius 2 is 1.86 bits per heavy atom. The topological polar surface area (TPSA) is 73.7 Å². The van der Waals surface area contributed by atoms with E-state index in [0.29, 0.717) is 47.7 Å². The molecule has 9 heteroatoms. The van der Waals surface area contributed by atoms with Crippen LogP contribution in [0.4, 0.5) is 4.39 Å². The Morgan fingerprint density at radius 1 is 1.10 bits per heavy atom. The number of aromatic amines is 1. The molecule has 0 saturated heterocycles. The quantitative estimate of drug-likeness (QED) is 0.323. The van der Waals surface area contributed by atoms with Crippen LogP contribution >= 0.6 is 12.2 Å². The third-order valence-electron chi connectivity index (χ3n) is 3.83. The van der Waals surface area contributed by atoms with Crippen molar-refractivity contribution in [2.24, 2.45) is 5.10 Å². The van der Waals surface area contributed by atoms with Gasteiger partial charge in [0.25, 0.3) is 0 Å². The fourth-order valence-corrected chi connectivity index (χ4v) is 2.69. The third-order valence-corrected chi connectivity index (χ3v) is 4.09. The zero-order chi connectivity index (χ0) is 20.6. The van der Waals surface area contributed by atoms with E-state index in [1.165, 1.54) is 16.8 Å². The first-order valence-corrected chi connectivity index (χ1v) is 9.44. The number of hydrogen-bond donors (Lipinski definition) is 1.